The van der Waals surface area contributed by atoms with Gasteiger partial charge >= 0.3 is 0 Å². The summed E-state index contributed by atoms with van der Waals surface area (Å²) in [7, 11) is -3.77. The van der Waals surface area contributed by atoms with E-state index in [1.54, 1.807) is 24.3 Å². The van der Waals surface area contributed by atoms with Gasteiger partial charge in [-0.15, -0.1) is 0 Å². The Hall–Kier alpha value is -1.92. The van der Waals surface area contributed by atoms with E-state index in [1.165, 1.54) is 18.2 Å². The molecule has 0 aliphatic carbocycles. The number of fused-ring (bicyclic) bond motifs is 1. The molecule has 0 fully saturated rings. The van der Waals surface area contributed by atoms with Gasteiger partial charge in [-0.3, -0.25) is 0 Å². The van der Waals surface area contributed by atoms with E-state index in [-0.39, 0.29) is 11.5 Å². The van der Waals surface area contributed by atoms with Crippen molar-refractivity contribution >= 4 is 9.84 Å². The van der Waals surface area contributed by atoms with Crippen LogP contribution in [0.3, 0.4) is 0 Å². The van der Waals surface area contributed by atoms with Crippen LogP contribution in [0.5, 0.6) is 5.75 Å². The van der Waals surface area contributed by atoms with E-state index in [2.05, 4.69) is 0 Å². The zero-order chi connectivity index (χ0) is 15.0. The van der Waals surface area contributed by atoms with Gasteiger partial charge < -0.3 is 10.5 Å². The minimum atomic E-state index is -3.77. The number of benzene rings is 2. The summed E-state index contributed by atoms with van der Waals surface area (Å²) < 4.78 is 44.0. The van der Waals surface area contributed by atoms with Crippen LogP contribution in [0.15, 0.2) is 53.4 Å². The highest BCUT2D eigenvalue weighted by Crippen LogP contribution is 2.35. The van der Waals surface area contributed by atoms with Gasteiger partial charge in [0.15, 0.2) is 9.84 Å². The van der Waals surface area contributed by atoms with Crippen molar-refractivity contribution in [1.82, 2.24) is 0 Å². The molecule has 21 heavy (non-hydrogen) atoms. The number of nitrogens with two attached hydrogens (primary N) is 1. The van der Waals surface area contributed by atoms with E-state index in [0.717, 1.165) is 6.07 Å². The van der Waals surface area contributed by atoms with Gasteiger partial charge in [-0.2, -0.15) is 0 Å². The highest BCUT2D eigenvalue weighted by Gasteiger charge is 2.38. The van der Waals surface area contributed by atoms with Crippen molar-refractivity contribution in [2.45, 2.75) is 16.2 Å². The molecule has 3 rings (SSSR count). The third kappa shape index (κ3) is 2.41. The zero-order valence-electron chi connectivity index (χ0n) is 11.1. The normalized spacial score (nSPS) is 21.4. The van der Waals surface area contributed by atoms with Crippen LogP contribution in [-0.4, -0.2) is 20.3 Å². The molecule has 0 radical (unpaired) electrons. The Balaban J connectivity index is 2.02. The molecule has 1 aliphatic heterocycles. The van der Waals surface area contributed by atoms with E-state index in [9.17, 15) is 12.8 Å². The number of ether oxygens (including phenoxy) is 1. The number of halogens is 1. The SMILES string of the molecule is NC1c2ccccc2OCC1S(=O)(=O)c1cccc(F)c1. The summed E-state index contributed by atoms with van der Waals surface area (Å²) in [6.07, 6.45) is 0. The predicted octanol–water partition coefficient (Wildman–Crippen LogP) is 2.06. The quantitative estimate of drug-likeness (QED) is 0.922. The summed E-state index contributed by atoms with van der Waals surface area (Å²) in [6.45, 7) is -0.0446. The molecule has 0 spiro atoms. The third-order valence-corrected chi connectivity index (χ3v) is 5.74. The second-order valence-corrected chi connectivity index (χ2v) is 7.08. The smallest absolute Gasteiger partial charge is 0.186 e. The maximum atomic E-state index is 13.3. The first-order valence-electron chi connectivity index (χ1n) is 6.47. The maximum absolute atomic E-state index is 13.3. The summed E-state index contributed by atoms with van der Waals surface area (Å²) in [6, 6.07) is 11.3. The number of sulfone groups is 1. The van der Waals surface area contributed by atoms with Crippen LogP contribution in [-0.2, 0) is 9.84 Å². The predicted molar refractivity (Wildman–Crippen MR) is 76.2 cm³/mol. The van der Waals surface area contributed by atoms with Gasteiger partial charge in [-0.05, 0) is 24.3 Å². The Morgan fingerprint density at radius 1 is 1.14 bits per heavy atom. The molecule has 1 aliphatic rings. The lowest BCUT2D eigenvalue weighted by atomic mass is 10.0. The molecule has 2 atom stereocenters. The van der Waals surface area contributed by atoms with Crippen LogP contribution in [0.25, 0.3) is 0 Å². The fourth-order valence-corrected chi connectivity index (χ4v) is 4.14. The summed E-state index contributed by atoms with van der Waals surface area (Å²) in [5.41, 5.74) is 6.75. The molecule has 4 nitrogen and oxygen atoms in total. The molecular formula is C15H14FNO3S. The van der Waals surface area contributed by atoms with Crippen molar-refractivity contribution in [3.8, 4) is 5.75 Å². The van der Waals surface area contributed by atoms with Crippen molar-refractivity contribution in [3.63, 3.8) is 0 Å². The van der Waals surface area contributed by atoms with Gasteiger partial charge in [-0.25, -0.2) is 12.8 Å². The number of hydrogen-bond acceptors (Lipinski definition) is 4. The van der Waals surface area contributed by atoms with E-state index in [1.807, 2.05) is 0 Å². The van der Waals surface area contributed by atoms with E-state index < -0.39 is 26.9 Å². The van der Waals surface area contributed by atoms with Crippen molar-refractivity contribution in [2.75, 3.05) is 6.61 Å². The molecule has 2 unspecified atom stereocenters. The topological polar surface area (TPSA) is 69.4 Å². The first-order valence-corrected chi connectivity index (χ1v) is 8.01. The summed E-state index contributed by atoms with van der Waals surface area (Å²) in [5, 5.41) is -0.936. The fraction of sp³-hybridized carbons (Fsp3) is 0.200. The minimum Gasteiger partial charge on any atom is -0.492 e. The van der Waals surface area contributed by atoms with Gasteiger partial charge in [0.2, 0.25) is 0 Å². The number of para-hydroxylation sites is 1. The Kier molecular flexibility index (Phi) is 3.43. The molecule has 0 saturated carbocycles. The third-order valence-electron chi connectivity index (χ3n) is 3.60. The molecule has 2 N–H and O–H groups in total. The van der Waals surface area contributed by atoms with Crippen LogP contribution in [0, 0.1) is 5.82 Å². The highest BCUT2D eigenvalue weighted by atomic mass is 32.2. The van der Waals surface area contributed by atoms with Crippen LogP contribution in [0.1, 0.15) is 11.6 Å². The average Bonchev–Trinajstić information content (AvgIpc) is 2.47. The second kappa shape index (κ2) is 5.13. The largest absolute Gasteiger partial charge is 0.492 e. The minimum absolute atomic E-state index is 0.0446. The molecular weight excluding hydrogens is 293 g/mol. The zero-order valence-corrected chi connectivity index (χ0v) is 11.9. The van der Waals surface area contributed by atoms with Gasteiger partial charge in [-0.1, -0.05) is 24.3 Å². The number of hydrogen-bond donors (Lipinski definition) is 1. The van der Waals surface area contributed by atoms with Crippen LogP contribution in [0.4, 0.5) is 4.39 Å². The molecule has 1 heterocycles. The Bertz CT molecular complexity index is 776. The summed E-state index contributed by atoms with van der Waals surface area (Å²) in [5.74, 6) is -0.00235. The molecule has 6 heteroatoms. The van der Waals surface area contributed by atoms with Gasteiger partial charge in [0.1, 0.15) is 23.4 Å². The molecule has 0 aromatic heterocycles. The van der Waals surface area contributed by atoms with E-state index in [0.29, 0.717) is 11.3 Å². The summed E-state index contributed by atoms with van der Waals surface area (Å²) >= 11 is 0. The van der Waals surface area contributed by atoms with Gasteiger partial charge in [0, 0.05) is 5.56 Å². The highest BCUT2D eigenvalue weighted by molar-refractivity contribution is 7.92. The lowest BCUT2D eigenvalue weighted by Gasteiger charge is -2.30. The fourth-order valence-electron chi connectivity index (χ4n) is 2.46. The monoisotopic (exact) mass is 307 g/mol. The van der Waals surface area contributed by atoms with E-state index in [4.69, 9.17) is 10.5 Å². The average molecular weight is 307 g/mol. The molecule has 0 bridgehead atoms. The van der Waals surface area contributed by atoms with Crippen molar-refractivity contribution in [2.24, 2.45) is 5.73 Å². The van der Waals surface area contributed by atoms with Gasteiger partial charge in [0.25, 0.3) is 0 Å². The molecule has 110 valence electrons. The Morgan fingerprint density at radius 2 is 1.90 bits per heavy atom. The van der Waals surface area contributed by atoms with Gasteiger partial charge in [0.05, 0.1) is 10.9 Å². The second-order valence-electron chi connectivity index (χ2n) is 4.92. The van der Waals surface area contributed by atoms with Crippen molar-refractivity contribution in [3.05, 3.63) is 59.9 Å². The van der Waals surface area contributed by atoms with E-state index >= 15 is 0 Å². The standard InChI is InChI=1S/C15H14FNO3S/c16-10-4-3-5-11(8-10)21(18,19)14-9-20-13-7-2-1-6-12(13)15(14)17/h1-8,14-15H,9,17H2. The number of rotatable bonds is 2. The van der Waals surface area contributed by atoms with Crippen molar-refractivity contribution in [1.29, 1.82) is 0 Å². The Morgan fingerprint density at radius 3 is 2.67 bits per heavy atom. The summed E-state index contributed by atoms with van der Waals surface area (Å²) in [4.78, 5) is -0.0778. The lowest BCUT2D eigenvalue weighted by molar-refractivity contribution is 0.270. The Labute approximate surface area is 122 Å². The lowest BCUT2D eigenvalue weighted by Crippen LogP contribution is -2.41. The molecule has 2 aromatic rings. The first kappa shape index (κ1) is 14.0. The molecule has 0 saturated heterocycles. The molecule has 2 aromatic carbocycles. The molecule has 0 amide bonds. The van der Waals surface area contributed by atoms with Crippen LogP contribution < -0.4 is 10.5 Å². The maximum Gasteiger partial charge on any atom is 0.186 e. The van der Waals surface area contributed by atoms with Crippen molar-refractivity contribution < 1.29 is 17.5 Å². The first-order chi connectivity index (χ1) is 10.00. The van der Waals surface area contributed by atoms with Crippen LogP contribution in [0.2, 0.25) is 0 Å². The van der Waals surface area contributed by atoms with Crippen LogP contribution >= 0.6 is 0 Å².